The minimum Gasteiger partial charge on any atom is -0.345 e. The minimum atomic E-state index is -0.775. The van der Waals surface area contributed by atoms with Crippen molar-refractivity contribution in [3.8, 4) is 6.07 Å². The predicted molar refractivity (Wildman–Crippen MR) is 93.0 cm³/mol. The fourth-order valence-corrected chi connectivity index (χ4v) is 2.08. The maximum atomic E-state index is 13.7. The highest BCUT2D eigenvalue weighted by atomic mass is 19.1. The molecule has 26 heavy (non-hydrogen) atoms. The zero-order valence-corrected chi connectivity index (χ0v) is 14.1. The van der Waals surface area contributed by atoms with Crippen molar-refractivity contribution in [2.45, 2.75) is 0 Å². The summed E-state index contributed by atoms with van der Waals surface area (Å²) in [5, 5.41) is 11.6. The molecular weight excluding hydrogens is 340 g/mol. The minimum absolute atomic E-state index is 0.193. The molecule has 0 saturated heterocycles. The van der Waals surface area contributed by atoms with E-state index < -0.39 is 17.5 Å². The van der Waals surface area contributed by atoms with Crippen LogP contribution in [0.3, 0.4) is 0 Å². The number of carbonyl (C=O) groups is 2. The van der Waals surface area contributed by atoms with Crippen LogP contribution < -0.4 is 5.32 Å². The summed E-state index contributed by atoms with van der Waals surface area (Å²) < 4.78 is 26.9. The van der Waals surface area contributed by atoms with Crippen LogP contribution in [0, 0.1) is 23.0 Å². The van der Waals surface area contributed by atoms with E-state index in [-0.39, 0.29) is 17.0 Å². The van der Waals surface area contributed by atoms with Crippen molar-refractivity contribution >= 4 is 23.6 Å². The number of carbonyl (C=O) groups excluding carboxylic acids is 2. The van der Waals surface area contributed by atoms with Crippen LogP contribution in [0.1, 0.15) is 15.9 Å². The average molecular weight is 355 g/mol. The van der Waals surface area contributed by atoms with Crippen molar-refractivity contribution in [1.82, 2.24) is 4.90 Å². The van der Waals surface area contributed by atoms with Crippen LogP contribution in [0.4, 0.5) is 14.5 Å². The highest BCUT2D eigenvalue weighted by Crippen LogP contribution is 2.16. The highest BCUT2D eigenvalue weighted by Gasteiger charge is 2.13. The first-order chi connectivity index (χ1) is 12.3. The summed E-state index contributed by atoms with van der Waals surface area (Å²) in [5.41, 5.74) is 0.198. The SMILES string of the molecule is CN(C)C(=O)c1ccc(NC(=O)/C(C#N)=C/c2cc(F)ccc2F)cc1. The third kappa shape index (κ3) is 4.51. The van der Waals surface area contributed by atoms with Gasteiger partial charge in [0, 0.05) is 30.9 Å². The summed E-state index contributed by atoms with van der Waals surface area (Å²) in [5.74, 6) is -2.40. The van der Waals surface area contributed by atoms with Crippen LogP contribution in [0.2, 0.25) is 0 Å². The van der Waals surface area contributed by atoms with Gasteiger partial charge in [-0.05, 0) is 48.5 Å². The van der Waals surface area contributed by atoms with Crippen molar-refractivity contribution in [1.29, 1.82) is 5.26 Å². The molecule has 0 aliphatic carbocycles. The molecule has 0 atom stereocenters. The molecule has 0 saturated carbocycles. The number of nitriles is 1. The second-order valence-electron chi connectivity index (χ2n) is 5.57. The van der Waals surface area contributed by atoms with Crippen molar-refractivity contribution < 1.29 is 18.4 Å². The molecule has 0 radical (unpaired) electrons. The Balaban J connectivity index is 2.19. The molecule has 1 N–H and O–H groups in total. The molecule has 2 rings (SSSR count). The second kappa shape index (κ2) is 8.03. The first-order valence-corrected chi connectivity index (χ1v) is 7.51. The van der Waals surface area contributed by atoms with Gasteiger partial charge in [-0.2, -0.15) is 5.26 Å². The Morgan fingerprint density at radius 3 is 2.35 bits per heavy atom. The Hall–Kier alpha value is -3.53. The zero-order valence-electron chi connectivity index (χ0n) is 14.1. The van der Waals surface area contributed by atoms with Crippen molar-refractivity contribution in [3.63, 3.8) is 0 Å². The number of rotatable bonds is 4. The van der Waals surface area contributed by atoms with Crippen molar-refractivity contribution in [2.24, 2.45) is 0 Å². The number of benzene rings is 2. The first kappa shape index (κ1) is 18.8. The van der Waals surface area contributed by atoms with Crippen molar-refractivity contribution in [3.05, 3.63) is 70.8 Å². The Bertz CT molecular complexity index is 913. The first-order valence-electron chi connectivity index (χ1n) is 7.51. The lowest BCUT2D eigenvalue weighted by Gasteiger charge is -2.11. The van der Waals surface area contributed by atoms with Crippen LogP contribution in [-0.4, -0.2) is 30.8 Å². The third-order valence-electron chi connectivity index (χ3n) is 3.42. The van der Waals surface area contributed by atoms with E-state index in [0.29, 0.717) is 11.3 Å². The van der Waals surface area contributed by atoms with Crippen LogP contribution in [0.25, 0.3) is 6.08 Å². The van der Waals surface area contributed by atoms with E-state index in [4.69, 9.17) is 5.26 Å². The summed E-state index contributed by atoms with van der Waals surface area (Å²) in [6.07, 6.45) is 0.970. The van der Waals surface area contributed by atoms with Gasteiger partial charge in [0.25, 0.3) is 11.8 Å². The Morgan fingerprint density at radius 2 is 1.77 bits per heavy atom. The molecule has 2 aromatic rings. The number of hydrogen-bond donors (Lipinski definition) is 1. The average Bonchev–Trinajstić information content (AvgIpc) is 2.62. The van der Waals surface area contributed by atoms with Gasteiger partial charge < -0.3 is 10.2 Å². The molecule has 7 heteroatoms. The molecule has 0 aliphatic rings. The largest absolute Gasteiger partial charge is 0.345 e. The van der Waals surface area contributed by atoms with E-state index in [2.05, 4.69) is 5.32 Å². The Labute approximate surface area is 149 Å². The van der Waals surface area contributed by atoms with E-state index in [1.807, 2.05) is 0 Å². The van der Waals surface area contributed by atoms with E-state index in [1.165, 1.54) is 29.2 Å². The molecule has 2 aromatic carbocycles. The number of halogens is 2. The summed E-state index contributed by atoms with van der Waals surface area (Å²) in [7, 11) is 3.24. The number of hydrogen-bond acceptors (Lipinski definition) is 3. The molecule has 0 spiro atoms. The highest BCUT2D eigenvalue weighted by molar-refractivity contribution is 6.09. The zero-order chi connectivity index (χ0) is 19.3. The monoisotopic (exact) mass is 355 g/mol. The van der Waals surface area contributed by atoms with Gasteiger partial charge in [-0.15, -0.1) is 0 Å². The maximum absolute atomic E-state index is 13.7. The normalized spacial score (nSPS) is 10.8. The van der Waals surface area contributed by atoms with Gasteiger partial charge in [-0.25, -0.2) is 8.78 Å². The Kier molecular flexibility index (Phi) is 5.81. The van der Waals surface area contributed by atoms with Crippen LogP contribution in [0.15, 0.2) is 48.0 Å². The van der Waals surface area contributed by atoms with Crippen LogP contribution >= 0.6 is 0 Å². The van der Waals surface area contributed by atoms with Gasteiger partial charge in [-0.1, -0.05) is 0 Å². The quantitative estimate of drug-likeness (QED) is 0.676. The van der Waals surface area contributed by atoms with E-state index in [9.17, 15) is 18.4 Å². The summed E-state index contributed by atoms with van der Waals surface area (Å²) >= 11 is 0. The smallest absolute Gasteiger partial charge is 0.266 e. The van der Waals surface area contributed by atoms with Crippen LogP contribution in [0.5, 0.6) is 0 Å². The molecule has 2 amide bonds. The molecule has 132 valence electrons. The number of amides is 2. The number of nitrogens with one attached hydrogen (secondary N) is 1. The number of nitrogens with zero attached hydrogens (tertiary/aromatic N) is 2. The molecule has 0 aromatic heterocycles. The Morgan fingerprint density at radius 1 is 1.12 bits per heavy atom. The topological polar surface area (TPSA) is 73.2 Å². The fourth-order valence-electron chi connectivity index (χ4n) is 2.08. The summed E-state index contributed by atoms with van der Waals surface area (Å²) in [4.78, 5) is 25.4. The lowest BCUT2D eigenvalue weighted by Crippen LogP contribution is -2.21. The molecule has 0 aliphatic heterocycles. The van der Waals surface area contributed by atoms with Gasteiger partial charge in [0.1, 0.15) is 23.3 Å². The molecule has 0 bridgehead atoms. The fraction of sp³-hybridized carbons (Fsp3) is 0.105. The van der Waals surface area contributed by atoms with E-state index in [1.54, 1.807) is 20.2 Å². The van der Waals surface area contributed by atoms with Gasteiger partial charge in [0.2, 0.25) is 0 Å². The lowest BCUT2D eigenvalue weighted by molar-refractivity contribution is -0.112. The molecule has 0 heterocycles. The maximum Gasteiger partial charge on any atom is 0.266 e. The molecular formula is C19H15F2N3O2. The van der Waals surface area contributed by atoms with Gasteiger partial charge in [0.15, 0.2) is 0 Å². The van der Waals surface area contributed by atoms with Crippen LogP contribution in [-0.2, 0) is 4.79 Å². The van der Waals surface area contributed by atoms with Gasteiger partial charge in [-0.3, -0.25) is 9.59 Å². The second-order valence-corrected chi connectivity index (χ2v) is 5.57. The number of anilines is 1. The standard InChI is InChI=1S/C19H15F2N3O2/c1-24(2)19(26)12-3-6-16(7-4-12)23-18(25)14(11-22)9-13-10-15(20)5-8-17(13)21/h3-10H,1-2H3,(H,23,25)/b14-9+. The summed E-state index contributed by atoms with van der Waals surface area (Å²) in [6.45, 7) is 0. The summed E-state index contributed by atoms with van der Waals surface area (Å²) in [6, 6.07) is 10.5. The molecule has 0 fully saturated rings. The van der Waals surface area contributed by atoms with E-state index in [0.717, 1.165) is 24.3 Å². The third-order valence-corrected chi connectivity index (χ3v) is 3.42. The lowest BCUT2D eigenvalue weighted by atomic mass is 10.1. The predicted octanol–water partition coefficient (Wildman–Crippen LogP) is 3.21. The van der Waals surface area contributed by atoms with Crippen molar-refractivity contribution in [2.75, 3.05) is 19.4 Å². The van der Waals surface area contributed by atoms with Gasteiger partial charge in [0.05, 0.1) is 0 Å². The van der Waals surface area contributed by atoms with E-state index >= 15 is 0 Å². The van der Waals surface area contributed by atoms with Gasteiger partial charge >= 0.3 is 0 Å². The molecule has 5 nitrogen and oxygen atoms in total. The molecule has 0 unspecified atom stereocenters.